The van der Waals surface area contributed by atoms with Crippen LogP contribution in [0.3, 0.4) is 0 Å². The van der Waals surface area contributed by atoms with Gasteiger partial charge in [0.1, 0.15) is 0 Å². The quantitative estimate of drug-likeness (QED) is 0.422. The lowest BCUT2D eigenvalue weighted by molar-refractivity contribution is 0.290. The van der Waals surface area contributed by atoms with Gasteiger partial charge in [-0.3, -0.25) is 0 Å². The average molecular weight is 189 g/mol. The summed E-state index contributed by atoms with van der Waals surface area (Å²) in [6.07, 6.45) is 1.47. The average Bonchev–Trinajstić information content (AvgIpc) is 2.18. The molecule has 3 N–H and O–H groups in total. The van der Waals surface area contributed by atoms with Gasteiger partial charge in [0.25, 0.3) is 0 Å². The molecule has 2 heteroatoms. The predicted molar refractivity (Wildman–Crippen MR) is 58.8 cm³/mol. The Labute approximate surface area is 84.8 Å². The van der Waals surface area contributed by atoms with Crippen molar-refractivity contribution in [1.29, 1.82) is 0 Å². The summed E-state index contributed by atoms with van der Waals surface area (Å²) in [6, 6.07) is 5.75. The molecular formula is C12H15NO. The molecule has 0 aliphatic heterocycles. The fourth-order valence-electron chi connectivity index (χ4n) is 1.09. The number of aliphatic hydroxyl groups is 1. The molecule has 74 valence electrons. The molecule has 0 bridgehead atoms. The maximum absolute atomic E-state index is 8.56. The topological polar surface area (TPSA) is 46.2 Å². The van der Waals surface area contributed by atoms with Gasteiger partial charge >= 0.3 is 0 Å². The number of hydrogen-bond acceptors (Lipinski definition) is 2. The summed E-state index contributed by atoms with van der Waals surface area (Å²) in [5, 5.41) is 8.56. The van der Waals surface area contributed by atoms with Crippen LogP contribution in [0.25, 0.3) is 0 Å². The zero-order valence-corrected chi connectivity index (χ0v) is 8.38. The van der Waals surface area contributed by atoms with Crippen LogP contribution in [-0.4, -0.2) is 11.7 Å². The van der Waals surface area contributed by atoms with Crippen LogP contribution < -0.4 is 5.73 Å². The van der Waals surface area contributed by atoms with Gasteiger partial charge in [-0.15, -0.1) is 0 Å². The predicted octanol–water partition coefficient (Wildman–Crippen LogP) is 1.70. The smallest absolute Gasteiger partial charge is 0.0440 e. The fraction of sp³-hybridized carbons (Fsp3) is 0.333. The van der Waals surface area contributed by atoms with E-state index in [0.717, 1.165) is 29.7 Å². The summed E-state index contributed by atoms with van der Waals surface area (Å²) in [5.41, 5.74) is 8.52. The normalized spacial score (nSPS) is 9.29. The van der Waals surface area contributed by atoms with Crippen molar-refractivity contribution in [3.8, 4) is 11.8 Å². The van der Waals surface area contributed by atoms with Crippen LogP contribution in [0, 0.1) is 18.8 Å². The van der Waals surface area contributed by atoms with E-state index < -0.39 is 0 Å². The van der Waals surface area contributed by atoms with E-state index in [9.17, 15) is 0 Å². The molecule has 0 spiro atoms. The number of aliphatic hydroxyl groups excluding tert-OH is 1. The van der Waals surface area contributed by atoms with Crippen molar-refractivity contribution in [3.05, 3.63) is 29.3 Å². The molecule has 0 saturated carbocycles. The number of nitrogen functional groups attached to an aromatic ring is 1. The van der Waals surface area contributed by atoms with Crippen LogP contribution in [0.15, 0.2) is 18.2 Å². The SMILES string of the molecule is Cc1cc(C#CCCCO)ccc1N. The Morgan fingerprint density at radius 2 is 2.21 bits per heavy atom. The second kappa shape index (κ2) is 5.31. The Kier molecular flexibility index (Phi) is 4.03. The van der Waals surface area contributed by atoms with Crippen molar-refractivity contribution in [3.63, 3.8) is 0 Å². The summed E-state index contributed by atoms with van der Waals surface area (Å²) in [4.78, 5) is 0. The van der Waals surface area contributed by atoms with Crippen LogP contribution in [0.2, 0.25) is 0 Å². The summed E-state index contributed by atoms with van der Waals surface area (Å²) in [5.74, 6) is 6.03. The zero-order chi connectivity index (χ0) is 10.4. The summed E-state index contributed by atoms with van der Waals surface area (Å²) in [7, 11) is 0. The maximum Gasteiger partial charge on any atom is 0.0440 e. The lowest BCUT2D eigenvalue weighted by atomic mass is 10.1. The molecule has 0 amide bonds. The zero-order valence-electron chi connectivity index (χ0n) is 8.38. The molecule has 1 aromatic rings. The highest BCUT2D eigenvalue weighted by Gasteiger charge is 1.92. The van der Waals surface area contributed by atoms with E-state index in [4.69, 9.17) is 10.8 Å². The molecule has 0 aliphatic rings. The van der Waals surface area contributed by atoms with Gasteiger partial charge < -0.3 is 10.8 Å². The van der Waals surface area contributed by atoms with E-state index >= 15 is 0 Å². The molecule has 1 aromatic carbocycles. The lowest BCUT2D eigenvalue weighted by Gasteiger charge is -1.98. The molecular weight excluding hydrogens is 174 g/mol. The number of unbranched alkanes of at least 4 members (excludes halogenated alkanes) is 1. The molecule has 0 unspecified atom stereocenters. The first-order valence-electron chi connectivity index (χ1n) is 4.70. The molecule has 0 heterocycles. The van der Waals surface area contributed by atoms with Gasteiger partial charge in [0.2, 0.25) is 0 Å². The molecule has 0 saturated heterocycles. The Hall–Kier alpha value is -1.46. The van der Waals surface area contributed by atoms with Gasteiger partial charge in [-0.05, 0) is 37.1 Å². The van der Waals surface area contributed by atoms with E-state index in [1.54, 1.807) is 0 Å². The largest absolute Gasteiger partial charge is 0.399 e. The highest BCUT2D eigenvalue weighted by Crippen LogP contribution is 2.11. The number of aryl methyl sites for hydroxylation is 1. The van der Waals surface area contributed by atoms with Crippen LogP contribution in [0.5, 0.6) is 0 Å². The molecule has 0 atom stereocenters. The number of hydrogen-bond donors (Lipinski definition) is 2. The first kappa shape index (κ1) is 10.6. The third-order valence-electron chi connectivity index (χ3n) is 1.96. The van der Waals surface area contributed by atoms with E-state index in [-0.39, 0.29) is 6.61 Å². The summed E-state index contributed by atoms with van der Waals surface area (Å²) >= 11 is 0. The summed E-state index contributed by atoms with van der Waals surface area (Å²) < 4.78 is 0. The number of nitrogens with two attached hydrogens (primary N) is 1. The second-order valence-corrected chi connectivity index (χ2v) is 3.20. The second-order valence-electron chi connectivity index (χ2n) is 3.20. The van der Waals surface area contributed by atoms with E-state index in [1.807, 2.05) is 25.1 Å². The number of anilines is 1. The van der Waals surface area contributed by atoms with E-state index in [2.05, 4.69) is 11.8 Å². The summed E-state index contributed by atoms with van der Waals surface area (Å²) in [6.45, 7) is 2.17. The monoisotopic (exact) mass is 189 g/mol. The molecule has 14 heavy (non-hydrogen) atoms. The minimum absolute atomic E-state index is 0.204. The lowest BCUT2D eigenvalue weighted by Crippen LogP contribution is -1.89. The maximum atomic E-state index is 8.56. The number of benzene rings is 1. The minimum atomic E-state index is 0.204. The Balaban J connectivity index is 2.66. The van der Waals surface area contributed by atoms with Crippen molar-refractivity contribution < 1.29 is 5.11 Å². The standard InChI is InChI=1S/C12H15NO/c1-10-9-11(6-7-12(10)13)5-3-2-4-8-14/h6-7,9,14H,2,4,8,13H2,1H3. The Morgan fingerprint density at radius 1 is 1.43 bits per heavy atom. The highest BCUT2D eigenvalue weighted by atomic mass is 16.2. The molecule has 0 aromatic heterocycles. The minimum Gasteiger partial charge on any atom is -0.399 e. The van der Waals surface area contributed by atoms with Crippen LogP contribution in [0.1, 0.15) is 24.0 Å². The third kappa shape index (κ3) is 3.12. The van der Waals surface area contributed by atoms with Crippen molar-refractivity contribution in [2.75, 3.05) is 12.3 Å². The van der Waals surface area contributed by atoms with Gasteiger partial charge in [-0.25, -0.2) is 0 Å². The van der Waals surface area contributed by atoms with Crippen molar-refractivity contribution in [2.45, 2.75) is 19.8 Å². The van der Waals surface area contributed by atoms with Crippen molar-refractivity contribution in [1.82, 2.24) is 0 Å². The molecule has 0 fully saturated rings. The van der Waals surface area contributed by atoms with Gasteiger partial charge in [0.15, 0.2) is 0 Å². The Bertz CT molecular complexity index is 360. The Morgan fingerprint density at radius 3 is 2.86 bits per heavy atom. The first-order chi connectivity index (χ1) is 6.74. The van der Waals surface area contributed by atoms with Crippen LogP contribution >= 0.6 is 0 Å². The van der Waals surface area contributed by atoms with Gasteiger partial charge in [-0.2, -0.15) is 0 Å². The fourth-order valence-corrected chi connectivity index (χ4v) is 1.09. The van der Waals surface area contributed by atoms with Crippen LogP contribution in [-0.2, 0) is 0 Å². The van der Waals surface area contributed by atoms with Crippen LogP contribution in [0.4, 0.5) is 5.69 Å². The third-order valence-corrected chi connectivity index (χ3v) is 1.96. The van der Waals surface area contributed by atoms with E-state index in [0.29, 0.717) is 0 Å². The molecule has 1 rings (SSSR count). The highest BCUT2D eigenvalue weighted by molar-refractivity contribution is 5.51. The molecule has 0 radical (unpaired) electrons. The molecule has 0 aliphatic carbocycles. The first-order valence-corrected chi connectivity index (χ1v) is 4.70. The van der Waals surface area contributed by atoms with E-state index in [1.165, 1.54) is 0 Å². The van der Waals surface area contributed by atoms with Crippen molar-refractivity contribution >= 4 is 5.69 Å². The van der Waals surface area contributed by atoms with Crippen molar-refractivity contribution in [2.24, 2.45) is 0 Å². The van der Waals surface area contributed by atoms with Gasteiger partial charge in [0.05, 0.1) is 0 Å². The van der Waals surface area contributed by atoms with Gasteiger partial charge in [0, 0.05) is 24.3 Å². The van der Waals surface area contributed by atoms with Gasteiger partial charge in [-0.1, -0.05) is 11.8 Å². The molecule has 2 nitrogen and oxygen atoms in total. The number of rotatable bonds is 2.